The summed E-state index contributed by atoms with van der Waals surface area (Å²) in [5, 5.41) is 6.92. The van der Waals surface area contributed by atoms with E-state index in [2.05, 4.69) is 10.4 Å². The van der Waals surface area contributed by atoms with Crippen molar-refractivity contribution in [1.82, 2.24) is 15.1 Å². The van der Waals surface area contributed by atoms with Crippen LogP contribution in [0.15, 0.2) is 6.20 Å². The highest BCUT2D eigenvalue weighted by molar-refractivity contribution is 5.99. The molecule has 1 aliphatic rings. The van der Waals surface area contributed by atoms with Crippen molar-refractivity contribution >= 4 is 5.78 Å². The Kier molecular flexibility index (Phi) is 2.49. The van der Waals surface area contributed by atoms with Crippen molar-refractivity contribution in [3.05, 3.63) is 11.8 Å². The van der Waals surface area contributed by atoms with E-state index in [4.69, 9.17) is 4.74 Å². The van der Waals surface area contributed by atoms with Crippen LogP contribution in [0.2, 0.25) is 0 Å². The van der Waals surface area contributed by atoms with Crippen molar-refractivity contribution in [2.24, 2.45) is 0 Å². The second-order valence-electron chi connectivity index (χ2n) is 3.24. The summed E-state index contributed by atoms with van der Waals surface area (Å²) in [5.41, 5.74) is 0.582. The quantitative estimate of drug-likeness (QED) is 0.693. The zero-order chi connectivity index (χ0) is 9.97. The number of nitrogens with one attached hydrogen (secondary N) is 1. The van der Waals surface area contributed by atoms with Gasteiger partial charge in [0.15, 0.2) is 5.78 Å². The number of Topliss-reactive ketones (excluding diaryl/α,β-unsaturated/α-hetero) is 1. The molecule has 1 aromatic heterocycles. The fourth-order valence-corrected chi connectivity index (χ4v) is 1.52. The normalized spacial score (nSPS) is 14.6. The van der Waals surface area contributed by atoms with Crippen LogP contribution in [-0.4, -0.2) is 35.8 Å². The summed E-state index contributed by atoms with van der Waals surface area (Å²) in [6.07, 6.45) is 2.54. The molecule has 0 amide bonds. The number of likely N-dealkylation sites (N-methyl/N-ethyl adjacent to an activating group) is 1. The molecular weight excluding hydrogens is 182 g/mol. The summed E-state index contributed by atoms with van der Waals surface area (Å²) in [5.74, 6) is 0.646. The smallest absolute Gasteiger partial charge is 0.222 e. The predicted octanol–water partition coefficient (Wildman–Crippen LogP) is 0.0677. The van der Waals surface area contributed by atoms with E-state index < -0.39 is 0 Å². The number of ether oxygens (including phenoxy) is 1. The van der Waals surface area contributed by atoms with E-state index >= 15 is 0 Å². The molecule has 0 saturated heterocycles. The number of carbonyl (C=O) groups excluding carboxylic acids is 1. The maximum absolute atomic E-state index is 11.6. The van der Waals surface area contributed by atoms with Crippen LogP contribution < -0.4 is 10.1 Å². The molecule has 2 rings (SSSR count). The molecule has 0 unspecified atom stereocenters. The summed E-state index contributed by atoms with van der Waals surface area (Å²) >= 11 is 0. The summed E-state index contributed by atoms with van der Waals surface area (Å²) in [6.45, 7) is 1.83. The Morgan fingerprint density at radius 3 is 3.43 bits per heavy atom. The van der Waals surface area contributed by atoms with Crippen LogP contribution in [0.1, 0.15) is 16.8 Å². The lowest BCUT2D eigenvalue weighted by Crippen LogP contribution is -2.21. The first-order valence-corrected chi connectivity index (χ1v) is 4.69. The Bertz CT molecular complexity index is 346. The summed E-state index contributed by atoms with van der Waals surface area (Å²) in [7, 11) is 1.74. The van der Waals surface area contributed by atoms with Gasteiger partial charge < -0.3 is 10.1 Å². The minimum absolute atomic E-state index is 0.0238. The van der Waals surface area contributed by atoms with Gasteiger partial charge >= 0.3 is 0 Å². The SMILES string of the molecule is CNCC(=O)c1cnn2c1OCCC2. The summed E-state index contributed by atoms with van der Waals surface area (Å²) in [4.78, 5) is 11.6. The van der Waals surface area contributed by atoms with Crippen LogP contribution in [-0.2, 0) is 6.54 Å². The van der Waals surface area contributed by atoms with Crippen molar-refractivity contribution < 1.29 is 9.53 Å². The number of ketones is 1. The van der Waals surface area contributed by atoms with E-state index in [1.54, 1.807) is 17.9 Å². The molecule has 2 heterocycles. The Hall–Kier alpha value is -1.36. The molecule has 0 saturated carbocycles. The Morgan fingerprint density at radius 1 is 1.79 bits per heavy atom. The molecule has 1 aliphatic heterocycles. The van der Waals surface area contributed by atoms with Crippen molar-refractivity contribution in [3.8, 4) is 5.88 Å². The van der Waals surface area contributed by atoms with Crippen molar-refractivity contribution in [2.45, 2.75) is 13.0 Å². The van der Waals surface area contributed by atoms with Gasteiger partial charge in [-0.05, 0) is 7.05 Å². The number of aryl methyl sites for hydroxylation is 1. The lowest BCUT2D eigenvalue weighted by atomic mass is 10.2. The van der Waals surface area contributed by atoms with Gasteiger partial charge in [0.1, 0.15) is 5.56 Å². The molecule has 1 aromatic rings. The second kappa shape index (κ2) is 3.79. The first-order valence-electron chi connectivity index (χ1n) is 4.69. The highest BCUT2D eigenvalue weighted by atomic mass is 16.5. The molecule has 5 heteroatoms. The molecule has 0 aromatic carbocycles. The number of rotatable bonds is 3. The fourth-order valence-electron chi connectivity index (χ4n) is 1.52. The van der Waals surface area contributed by atoms with Crippen LogP contribution in [0, 0.1) is 0 Å². The van der Waals surface area contributed by atoms with Crippen LogP contribution in [0.4, 0.5) is 0 Å². The fraction of sp³-hybridized carbons (Fsp3) is 0.556. The molecular formula is C9H13N3O2. The van der Waals surface area contributed by atoms with E-state index in [-0.39, 0.29) is 5.78 Å². The first-order chi connectivity index (χ1) is 6.83. The highest BCUT2D eigenvalue weighted by Gasteiger charge is 2.20. The monoisotopic (exact) mass is 195 g/mol. The highest BCUT2D eigenvalue weighted by Crippen LogP contribution is 2.22. The average molecular weight is 195 g/mol. The van der Waals surface area contributed by atoms with Gasteiger partial charge in [0.05, 0.1) is 19.3 Å². The number of hydrogen-bond donors (Lipinski definition) is 1. The molecule has 5 nitrogen and oxygen atoms in total. The molecule has 0 radical (unpaired) electrons. The predicted molar refractivity (Wildman–Crippen MR) is 50.6 cm³/mol. The Morgan fingerprint density at radius 2 is 2.64 bits per heavy atom. The number of hydrogen-bond acceptors (Lipinski definition) is 4. The maximum Gasteiger partial charge on any atom is 0.222 e. The van der Waals surface area contributed by atoms with E-state index in [9.17, 15) is 4.79 Å². The van der Waals surface area contributed by atoms with Crippen molar-refractivity contribution in [3.63, 3.8) is 0 Å². The van der Waals surface area contributed by atoms with E-state index in [0.717, 1.165) is 13.0 Å². The number of carbonyl (C=O) groups is 1. The Balaban J connectivity index is 2.25. The molecule has 0 aliphatic carbocycles. The van der Waals surface area contributed by atoms with Gasteiger partial charge in [-0.1, -0.05) is 0 Å². The maximum atomic E-state index is 11.6. The second-order valence-corrected chi connectivity index (χ2v) is 3.24. The number of nitrogens with zero attached hydrogens (tertiary/aromatic N) is 2. The molecule has 1 N–H and O–H groups in total. The van der Waals surface area contributed by atoms with E-state index in [1.807, 2.05) is 0 Å². The molecule has 76 valence electrons. The minimum atomic E-state index is 0.0238. The van der Waals surface area contributed by atoms with Crippen LogP contribution in [0.25, 0.3) is 0 Å². The zero-order valence-corrected chi connectivity index (χ0v) is 8.12. The molecule has 14 heavy (non-hydrogen) atoms. The third kappa shape index (κ3) is 1.50. The standard InChI is InChI=1S/C9H13N3O2/c1-10-6-8(13)7-5-11-12-3-2-4-14-9(7)12/h5,10H,2-4,6H2,1H3. The number of aromatic nitrogens is 2. The lowest BCUT2D eigenvalue weighted by molar-refractivity contribution is 0.0987. The Labute approximate surface area is 82.0 Å². The van der Waals surface area contributed by atoms with Crippen LogP contribution in [0.3, 0.4) is 0 Å². The summed E-state index contributed by atoms with van der Waals surface area (Å²) < 4.78 is 7.16. The lowest BCUT2D eigenvalue weighted by Gasteiger charge is -2.15. The van der Waals surface area contributed by atoms with Crippen LogP contribution in [0.5, 0.6) is 5.88 Å². The molecule has 0 bridgehead atoms. The largest absolute Gasteiger partial charge is 0.477 e. The first kappa shape index (κ1) is 9.21. The number of fused-ring (bicyclic) bond motifs is 1. The average Bonchev–Trinajstić information content (AvgIpc) is 2.61. The van der Waals surface area contributed by atoms with Gasteiger partial charge in [0, 0.05) is 13.0 Å². The summed E-state index contributed by atoms with van der Waals surface area (Å²) in [6, 6.07) is 0. The van der Waals surface area contributed by atoms with Crippen molar-refractivity contribution in [2.75, 3.05) is 20.2 Å². The molecule has 0 spiro atoms. The third-order valence-electron chi connectivity index (χ3n) is 2.18. The third-order valence-corrected chi connectivity index (χ3v) is 2.18. The zero-order valence-electron chi connectivity index (χ0n) is 8.12. The molecule has 0 fully saturated rings. The topological polar surface area (TPSA) is 56.2 Å². The van der Waals surface area contributed by atoms with E-state index in [1.165, 1.54) is 0 Å². The van der Waals surface area contributed by atoms with Gasteiger partial charge in [-0.3, -0.25) is 4.79 Å². The van der Waals surface area contributed by atoms with Gasteiger partial charge in [-0.25, -0.2) is 4.68 Å². The van der Waals surface area contributed by atoms with Gasteiger partial charge in [-0.2, -0.15) is 5.10 Å². The van der Waals surface area contributed by atoms with Crippen LogP contribution >= 0.6 is 0 Å². The van der Waals surface area contributed by atoms with Crippen molar-refractivity contribution in [1.29, 1.82) is 0 Å². The van der Waals surface area contributed by atoms with Gasteiger partial charge in [-0.15, -0.1) is 0 Å². The molecule has 0 atom stereocenters. The van der Waals surface area contributed by atoms with Gasteiger partial charge in [0.2, 0.25) is 5.88 Å². The minimum Gasteiger partial charge on any atom is -0.477 e. The van der Waals surface area contributed by atoms with Gasteiger partial charge in [0.25, 0.3) is 0 Å². The van der Waals surface area contributed by atoms with E-state index in [0.29, 0.717) is 24.6 Å².